The van der Waals surface area contributed by atoms with Crippen LogP contribution < -0.4 is 5.73 Å². The Morgan fingerprint density at radius 1 is 1.21 bits per heavy atom. The minimum absolute atomic E-state index is 0.159. The molecule has 2 aromatic carbocycles. The van der Waals surface area contributed by atoms with Crippen LogP contribution in [0.5, 0.6) is 0 Å². The van der Waals surface area contributed by atoms with Crippen molar-refractivity contribution in [1.29, 1.82) is 0 Å². The third-order valence-electron chi connectivity index (χ3n) is 3.02. The van der Waals surface area contributed by atoms with Crippen LogP contribution in [0, 0.1) is 12.7 Å². The van der Waals surface area contributed by atoms with E-state index in [0.717, 1.165) is 16.2 Å². The molecule has 2 aromatic rings. The molecule has 0 spiro atoms. The molecule has 0 radical (unpaired) electrons. The lowest BCUT2D eigenvalue weighted by Crippen LogP contribution is -2.07. The van der Waals surface area contributed by atoms with Crippen molar-refractivity contribution >= 4 is 11.8 Å². The molecule has 19 heavy (non-hydrogen) atoms. The Bertz CT molecular complexity index is 552. The van der Waals surface area contributed by atoms with Gasteiger partial charge in [-0.3, -0.25) is 0 Å². The number of benzene rings is 2. The first-order chi connectivity index (χ1) is 9.08. The summed E-state index contributed by atoms with van der Waals surface area (Å²) >= 11 is 1.70. The third kappa shape index (κ3) is 3.58. The fourth-order valence-electron chi connectivity index (χ4n) is 1.89. The molecule has 3 heteroatoms. The van der Waals surface area contributed by atoms with Gasteiger partial charge in [0.1, 0.15) is 5.82 Å². The summed E-state index contributed by atoms with van der Waals surface area (Å²) in [4.78, 5) is 1.07. The van der Waals surface area contributed by atoms with Crippen LogP contribution in [0.3, 0.4) is 0 Å². The highest BCUT2D eigenvalue weighted by Gasteiger charge is 2.11. The normalized spacial score (nSPS) is 12.4. The molecule has 1 atom stereocenters. The van der Waals surface area contributed by atoms with Gasteiger partial charge in [0.05, 0.1) is 0 Å². The van der Waals surface area contributed by atoms with E-state index >= 15 is 0 Å². The predicted molar refractivity (Wildman–Crippen MR) is 79.7 cm³/mol. The third-order valence-corrected chi connectivity index (χ3v) is 4.16. The van der Waals surface area contributed by atoms with E-state index in [1.807, 2.05) is 31.2 Å². The Hall–Kier alpha value is -1.32. The smallest absolute Gasteiger partial charge is 0.126 e. The molecule has 0 aliphatic carbocycles. The van der Waals surface area contributed by atoms with Gasteiger partial charge in [-0.15, -0.1) is 11.8 Å². The summed E-state index contributed by atoms with van der Waals surface area (Å²) in [6.07, 6.45) is 0. The minimum atomic E-state index is -0.184. The van der Waals surface area contributed by atoms with Gasteiger partial charge in [-0.2, -0.15) is 0 Å². The van der Waals surface area contributed by atoms with Gasteiger partial charge in [0.2, 0.25) is 0 Å². The summed E-state index contributed by atoms with van der Waals surface area (Å²) in [6.45, 7) is 3.67. The van der Waals surface area contributed by atoms with Crippen LogP contribution in [0.25, 0.3) is 0 Å². The molecule has 0 aliphatic heterocycles. The number of thioether (sulfide) groups is 1. The number of hydrogen-bond donors (Lipinski definition) is 1. The maximum Gasteiger partial charge on any atom is 0.126 e. The maximum atomic E-state index is 13.6. The van der Waals surface area contributed by atoms with Crippen molar-refractivity contribution in [3.8, 4) is 0 Å². The standard InChI is InChI=1S/C16H18FNS/c1-11-8-16(14(12(2)18)9-15(11)17)19-10-13-6-4-3-5-7-13/h3-9,12H,10,18H2,1-2H3. The Morgan fingerprint density at radius 3 is 2.53 bits per heavy atom. The summed E-state index contributed by atoms with van der Waals surface area (Å²) in [7, 11) is 0. The number of rotatable bonds is 4. The van der Waals surface area contributed by atoms with E-state index in [0.29, 0.717) is 5.56 Å². The van der Waals surface area contributed by atoms with Crippen molar-refractivity contribution < 1.29 is 4.39 Å². The Labute approximate surface area is 118 Å². The van der Waals surface area contributed by atoms with Gasteiger partial charge in [0.25, 0.3) is 0 Å². The number of nitrogens with two attached hydrogens (primary N) is 1. The monoisotopic (exact) mass is 275 g/mol. The van der Waals surface area contributed by atoms with Gasteiger partial charge >= 0.3 is 0 Å². The van der Waals surface area contributed by atoms with Gasteiger partial charge in [-0.25, -0.2) is 4.39 Å². The van der Waals surface area contributed by atoms with E-state index in [4.69, 9.17) is 5.73 Å². The van der Waals surface area contributed by atoms with Crippen molar-refractivity contribution in [2.45, 2.75) is 30.5 Å². The molecule has 100 valence electrons. The number of halogens is 1. The van der Waals surface area contributed by atoms with Crippen molar-refractivity contribution in [2.24, 2.45) is 5.73 Å². The number of aryl methyl sites for hydroxylation is 1. The van der Waals surface area contributed by atoms with Gasteiger partial charge in [-0.05, 0) is 42.7 Å². The highest BCUT2D eigenvalue weighted by molar-refractivity contribution is 7.98. The molecule has 0 saturated heterocycles. The molecule has 0 bridgehead atoms. The maximum absolute atomic E-state index is 13.6. The average molecular weight is 275 g/mol. The van der Waals surface area contributed by atoms with Crippen LogP contribution in [0.15, 0.2) is 47.4 Å². The molecule has 0 fully saturated rings. The largest absolute Gasteiger partial charge is 0.324 e. The molecular formula is C16H18FNS. The van der Waals surface area contributed by atoms with Crippen molar-refractivity contribution in [3.63, 3.8) is 0 Å². The predicted octanol–water partition coefficient (Wildman–Crippen LogP) is 4.45. The quantitative estimate of drug-likeness (QED) is 0.834. The first-order valence-corrected chi connectivity index (χ1v) is 7.29. The van der Waals surface area contributed by atoms with E-state index < -0.39 is 0 Å². The molecule has 1 nitrogen and oxygen atoms in total. The van der Waals surface area contributed by atoms with Crippen LogP contribution >= 0.6 is 11.8 Å². The number of hydrogen-bond acceptors (Lipinski definition) is 2. The zero-order valence-corrected chi connectivity index (χ0v) is 12.0. The van der Waals surface area contributed by atoms with Crippen LogP contribution in [-0.2, 0) is 5.75 Å². The van der Waals surface area contributed by atoms with Crippen LogP contribution in [0.2, 0.25) is 0 Å². The molecule has 0 aromatic heterocycles. The molecule has 1 unspecified atom stereocenters. The first-order valence-electron chi connectivity index (χ1n) is 6.30. The SMILES string of the molecule is Cc1cc(SCc2ccccc2)c(C(C)N)cc1F. The molecule has 0 saturated carbocycles. The Morgan fingerprint density at radius 2 is 1.89 bits per heavy atom. The summed E-state index contributed by atoms with van der Waals surface area (Å²) in [5.41, 5.74) is 8.72. The van der Waals surface area contributed by atoms with Gasteiger partial charge in [-0.1, -0.05) is 30.3 Å². The van der Waals surface area contributed by atoms with Crippen molar-refractivity contribution in [1.82, 2.24) is 0 Å². The molecule has 0 amide bonds. The van der Waals surface area contributed by atoms with E-state index in [1.54, 1.807) is 24.8 Å². The van der Waals surface area contributed by atoms with Crippen LogP contribution in [-0.4, -0.2) is 0 Å². The second-order valence-corrected chi connectivity index (χ2v) is 5.72. The summed E-state index contributed by atoms with van der Waals surface area (Å²) < 4.78 is 13.6. The van der Waals surface area contributed by atoms with Gasteiger partial charge < -0.3 is 5.73 Å². The fourth-order valence-corrected chi connectivity index (χ4v) is 3.07. The molecule has 2 rings (SSSR count). The summed E-state index contributed by atoms with van der Waals surface area (Å²) in [6, 6.07) is 13.5. The van der Waals surface area contributed by atoms with E-state index in [-0.39, 0.29) is 11.9 Å². The summed E-state index contributed by atoms with van der Waals surface area (Å²) in [5, 5.41) is 0. The van der Waals surface area contributed by atoms with E-state index in [9.17, 15) is 4.39 Å². The lowest BCUT2D eigenvalue weighted by Gasteiger charge is -2.14. The molecular weight excluding hydrogens is 257 g/mol. The van der Waals surface area contributed by atoms with E-state index in [2.05, 4.69) is 12.1 Å². The molecule has 0 aliphatic rings. The van der Waals surface area contributed by atoms with Crippen molar-refractivity contribution in [2.75, 3.05) is 0 Å². The van der Waals surface area contributed by atoms with Crippen LogP contribution in [0.1, 0.15) is 29.7 Å². The zero-order chi connectivity index (χ0) is 13.8. The van der Waals surface area contributed by atoms with Crippen molar-refractivity contribution in [3.05, 3.63) is 65.0 Å². The second-order valence-electron chi connectivity index (χ2n) is 4.70. The Kier molecular flexibility index (Phi) is 4.61. The average Bonchev–Trinajstić information content (AvgIpc) is 2.40. The highest BCUT2D eigenvalue weighted by Crippen LogP contribution is 2.31. The van der Waals surface area contributed by atoms with E-state index in [1.165, 1.54) is 5.56 Å². The van der Waals surface area contributed by atoms with Crippen LogP contribution in [0.4, 0.5) is 4.39 Å². The van der Waals surface area contributed by atoms with Gasteiger partial charge in [0, 0.05) is 16.7 Å². The minimum Gasteiger partial charge on any atom is -0.324 e. The molecule has 2 N–H and O–H groups in total. The Balaban J connectivity index is 2.22. The van der Waals surface area contributed by atoms with Gasteiger partial charge in [0.15, 0.2) is 0 Å². The second kappa shape index (κ2) is 6.22. The zero-order valence-electron chi connectivity index (χ0n) is 11.2. The topological polar surface area (TPSA) is 26.0 Å². The molecule has 0 heterocycles. The lowest BCUT2D eigenvalue weighted by molar-refractivity contribution is 0.610. The highest BCUT2D eigenvalue weighted by atomic mass is 32.2. The fraction of sp³-hybridized carbons (Fsp3) is 0.250. The first kappa shape index (κ1) is 14.1. The summed E-state index contributed by atoms with van der Waals surface area (Å²) in [5.74, 6) is 0.683. The lowest BCUT2D eigenvalue weighted by atomic mass is 10.1.